The fourth-order valence-electron chi connectivity index (χ4n) is 3.78. The van der Waals surface area contributed by atoms with Crippen molar-refractivity contribution in [1.29, 1.82) is 0 Å². The molecule has 2 aromatic carbocycles. The summed E-state index contributed by atoms with van der Waals surface area (Å²) < 4.78 is 6.09. The molecule has 1 fully saturated rings. The van der Waals surface area contributed by atoms with E-state index in [0.29, 0.717) is 11.5 Å². The number of para-hydroxylation sites is 1. The molecule has 0 amide bonds. The van der Waals surface area contributed by atoms with Gasteiger partial charge in [0.2, 0.25) is 0 Å². The summed E-state index contributed by atoms with van der Waals surface area (Å²) in [5.74, 6) is -0.522. The second-order valence-electron chi connectivity index (χ2n) is 6.23. The molecule has 2 heterocycles. The van der Waals surface area contributed by atoms with Gasteiger partial charge in [-0.3, -0.25) is 0 Å². The number of fused-ring (bicyclic) bond motifs is 3. The summed E-state index contributed by atoms with van der Waals surface area (Å²) in [6, 6.07) is 15.6. The van der Waals surface area contributed by atoms with Crippen LogP contribution in [0.25, 0.3) is 0 Å². The zero-order chi connectivity index (χ0) is 15.8. The molecule has 2 aliphatic heterocycles. The van der Waals surface area contributed by atoms with Gasteiger partial charge in [0.15, 0.2) is 0 Å². The van der Waals surface area contributed by atoms with Crippen molar-refractivity contribution in [3.63, 3.8) is 0 Å². The van der Waals surface area contributed by atoms with Crippen LogP contribution in [-0.4, -0.2) is 17.7 Å². The molecule has 2 aromatic rings. The van der Waals surface area contributed by atoms with Crippen molar-refractivity contribution < 1.29 is 14.6 Å². The van der Waals surface area contributed by atoms with E-state index in [-0.39, 0.29) is 12.1 Å². The monoisotopic (exact) mass is 309 g/mol. The van der Waals surface area contributed by atoms with Crippen LogP contribution in [0.5, 0.6) is 0 Å². The Bertz CT molecular complexity index is 726. The van der Waals surface area contributed by atoms with Gasteiger partial charge in [0.05, 0.1) is 17.7 Å². The van der Waals surface area contributed by atoms with E-state index in [0.717, 1.165) is 30.7 Å². The van der Waals surface area contributed by atoms with E-state index in [1.54, 1.807) is 12.1 Å². The topological polar surface area (TPSA) is 58.6 Å². The van der Waals surface area contributed by atoms with E-state index in [9.17, 15) is 4.79 Å². The van der Waals surface area contributed by atoms with Crippen LogP contribution in [0.3, 0.4) is 0 Å². The number of hydrogen-bond donors (Lipinski definition) is 2. The molecule has 0 bridgehead atoms. The van der Waals surface area contributed by atoms with E-state index >= 15 is 0 Å². The van der Waals surface area contributed by atoms with Crippen molar-refractivity contribution in [2.45, 2.75) is 25.0 Å². The Kier molecular flexibility index (Phi) is 3.54. The molecular weight excluding hydrogens is 290 g/mol. The normalized spacial score (nSPS) is 25.8. The minimum atomic E-state index is -0.891. The average molecular weight is 309 g/mol. The van der Waals surface area contributed by atoms with Crippen LogP contribution < -0.4 is 5.32 Å². The highest BCUT2D eigenvalue weighted by molar-refractivity contribution is 5.87. The van der Waals surface area contributed by atoms with Gasteiger partial charge in [0, 0.05) is 23.8 Å². The predicted molar refractivity (Wildman–Crippen MR) is 87.6 cm³/mol. The summed E-state index contributed by atoms with van der Waals surface area (Å²) in [5.41, 5.74) is 3.78. The van der Waals surface area contributed by atoms with Crippen LogP contribution in [0.1, 0.15) is 46.5 Å². The maximum atomic E-state index is 11.0. The van der Waals surface area contributed by atoms with Crippen LogP contribution in [0.4, 0.5) is 5.69 Å². The highest BCUT2D eigenvalue weighted by Crippen LogP contribution is 2.48. The molecule has 4 rings (SSSR count). The van der Waals surface area contributed by atoms with Crippen LogP contribution in [0, 0.1) is 5.92 Å². The zero-order valence-corrected chi connectivity index (χ0v) is 12.7. The Hall–Kier alpha value is -2.33. The molecule has 0 radical (unpaired) electrons. The Morgan fingerprint density at radius 3 is 2.70 bits per heavy atom. The van der Waals surface area contributed by atoms with E-state index in [4.69, 9.17) is 9.84 Å². The predicted octanol–water partition coefficient (Wildman–Crippen LogP) is 4.02. The number of rotatable bonds is 2. The summed E-state index contributed by atoms with van der Waals surface area (Å²) in [4.78, 5) is 11.0. The maximum Gasteiger partial charge on any atom is 0.335 e. The van der Waals surface area contributed by atoms with Crippen molar-refractivity contribution >= 4 is 11.7 Å². The Morgan fingerprint density at radius 2 is 1.91 bits per heavy atom. The number of aromatic carboxylic acids is 1. The van der Waals surface area contributed by atoms with E-state index in [2.05, 4.69) is 23.5 Å². The van der Waals surface area contributed by atoms with Gasteiger partial charge in [-0.05, 0) is 36.6 Å². The fourth-order valence-corrected chi connectivity index (χ4v) is 3.78. The van der Waals surface area contributed by atoms with Crippen LogP contribution in [-0.2, 0) is 4.74 Å². The molecule has 118 valence electrons. The van der Waals surface area contributed by atoms with Crippen molar-refractivity contribution in [3.8, 4) is 0 Å². The smallest absolute Gasteiger partial charge is 0.335 e. The number of hydrogen-bond acceptors (Lipinski definition) is 3. The Morgan fingerprint density at radius 1 is 1.13 bits per heavy atom. The third-order valence-electron chi connectivity index (χ3n) is 4.89. The van der Waals surface area contributed by atoms with Crippen molar-refractivity contribution in [2.24, 2.45) is 5.92 Å². The van der Waals surface area contributed by atoms with Gasteiger partial charge in [-0.15, -0.1) is 0 Å². The number of ether oxygens (including phenoxy) is 1. The minimum absolute atomic E-state index is 0.116. The highest BCUT2D eigenvalue weighted by atomic mass is 16.5. The molecule has 23 heavy (non-hydrogen) atoms. The molecule has 2 N–H and O–H groups in total. The molecule has 0 aromatic heterocycles. The van der Waals surface area contributed by atoms with Gasteiger partial charge < -0.3 is 15.2 Å². The van der Waals surface area contributed by atoms with Crippen LogP contribution >= 0.6 is 0 Å². The third-order valence-corrected chi connectivity index (χ3v) is 4.89. The SMILES string of the molecule is O=C(O)c1ccc([C@@H]2Nc3ccccc3[C@H]3OCCC[C@H]32)cc1. The summed E-state index contributed by atoms with van der Waals surface area (Å²) in [7, 11) is 0. The summed E-state index contributed by atoms with van der Waals surface area (Å²) in [6.07, 6.45) is 2.29. The Labute approximate surface area is 135 Å². The Balaban J connectivity index is 1.72. The third kappa shape index (κ3) is 2.49. The van der Waals surface area contributed by atoms with Crippen molar-refractivity contribution in [2.75, 3.05) is 11.9 Å². The molecule has 0 saturated carbocycles. The number of benzene rings is 2. The lowest BCUT2D eigenvalue weighted by Gasteiger charge is -2.43. The first-order valence-electron chi connectivity index (χ1n) is 8.04. The van der Waals surface area contributed by atoms with E-state index in [1.807, 2.05) is 18.2 Å². The second kappa shape index (κ2) is 5.70. The molecule has 4 heteroatoms. The summed E-state index contributed by atoms with van der Waals surface area (Å²) >= 11 is 0. The fraction of sp³-hybridized carbons (Fsp3) is 0.316. The van der Waals surface area contributed by atoms with Crippen molar-refractivity contribution in [3.05, 3.63) is 65.2 Å². The first-order valence-corrected chi connectivity index (χ1v) is 8.04. The van der Waals surface area contributed by atoms with Gasteiger partial charge >= 0.3 is 5.97 Å². The lowest BCUT2D eigenvalue weighted by molar-refractivity contribution is -0.0381. The first-order chi connectivity index (χ1) is 11.2. The molecule has 3 atom stereocenters. The summed E-state index contributed by atoms with van der Waals surface area (Å²) in [6.45, 7) is 0.806. The number of anilines is 1. The van der Waals surface area contributed by atoms with Crippen LogP contribution in [0.15, 0.2) is 48.5 Å². The molecule has 1 saturated heterocycles. The van der Waals surface area contributed by atoms with Gasteiger partial charge in [0.1, 0.15) is 0 Å². The quantitative estimate of drug-likeness (QED) is 0.879. The molecule has 0 unspecified atom stereocenters. The molecule has 2 aliphatic rings. The number of carbonyl (C=O) groups is 1. The lowest BCUT2D eigenvalue weighted by Crippen LogP contribution is -2.35. The lowest BCUT2D eigenvalue weighted by atomic mass is 9.77. The van der Waals surface area contributed by atoms with E-state index in [1.165, 1.54) is 5.56 Å². The van der Waals surface area contributed by atoms with Gasteiger partial charge in [-0.25, -0.2) is 4.79 Å². The molecule has 0 aliphatic carbocycles. The standard InChI is InChI=1S/C19H19NO3/c21-19(22)13-9-7-12(8-10-13)17-15-5-3-11-23-18(15)14-4-1-2-6-16(14)20-17/h1-2,4,6-10,15,17-18,20H,3,5,11H2,(H,21,22)/t15-,17-,18+/m0/s1. The zero-order valence-electron chi connectivity index (χ0n) is 12.7. The minimum Gasteiger partial charge on any atom is -0.478 e. The van der Waals surface area contributed by atoms with Crippen LogP contribution in [0.2, 0.25) is 0 Å². The van der Waals surface area contributed by atoms with Crippen molar-refractivity contribution in [1.82, 2.24) is 0 Å². The number of nitrogens with one attached hydrogen (secondary N) is 1. The van der Waals surface area contributed by atoms with Gasteiger partial charge in [-0.2, -0.15) is 0 Å². The summed E-state index contributed by atoms with van der Waals surface area (Å²) in [5, 5.41) is 12.7. The molecule has 0 spiro atoms. The largest absolute Gasteiger partial charge is 0.478 e. The molecule has 4 nitrogen and oxygen atoms in total. The first kappa shape index (κ1) is 14.3. The maximum absolute atomic E-state index is 11.0. The average Bonchev–Trinajstić information content (AvgIpc) is 2.61. The number of carboxylic acids is 1. The van der Waals surface area contributed by atoms with Gasteiger partial charge in [0.25, 0.3) is 0 Å². The highest BCUT2D eigenvalue weighted by Gasteiger charge is 2.39. The van der Waals surface area contributed by atoms with Gasteiger partial charge in [-0.1, -0.05) is 30.3 Å². The molecular formula is C19H19NO3. The number of carboxylic acid groups (broad SMARTS) is 1. The second-order valence-corrected chi connectivity index (χ2v) is 6.23. The van der Waals surface area contributed by atoms with E-state index < -0.39 is 5.97 Å².